The van der Waals surface area contributed by atoms with Gasteiger partial charge in [-0.3, -0.25) is 0 Å². The molecule has 1 N–H and O–H groups in total. The number of aromatic nitrogens is 3. The van der Waals surface area contributed by atoms with Crippen molar-refractivity contribution in [1.29, 1.82) is 0 Å². The van der Waals surface area contributed by atoms with Crippen molar-refractivity contribution in [2.45, 2.75) is 65.9 Å². The number of hydrogen-bond donors (Lipinski definition) is 1. The summed E-state index contributed by atoms with van der Waals surface area (Å²) in [6.07, 6.45) is 0. The summed E-state index contributed by atoms with van der Waals surface area (Å²) in [5.74, 6) is 1.32. The molecule has 0 fully saturated rings. The standard InChI is InChI=1S/C12H23N3O2/c1-11(2,3)15-9(7-16)13-14-10(15)8-17-12(4,5)6/h16H,7-8H2,1-6H3. The van der Waals surface area contributed by atoms with Gasteiger partial charge in [0, 0.05) is 5.54 Å². The number of rotatable bonds is 3. The van der Waals surface area contributed by atoms with Gasteiger partial charge in [-0.1, -0.05) is 0 Å². The summed E-state index contributed by atoms with van der Waals surface area (Å²) in [4.78, 5) is 0. The Bertz CT molecular complexity index is 372. The molecule has 0 radical (unpaired) electrons. The molecule has 0 unspecified atom stereocenters. The van der Waals surface area contributed by atoms with Gasteiger partial charge in [-0.25, -0.2) is 0 Å². The van der Waals surface area contributed by atoms with Crippen LogP contribution in [0.25, 0.3) is 0 Å². The Morgan fingerprint density at radius 3 is 2.00 bits per heavy atom. The molecule has 17 heavy (non-hydrogen) atoms. The number of hydrogen-bond acceptors (Lipinski definition) is 4. The van der Waals surface area contributed by atoms with Gasteiger partial charge in [0.25, 0.3) is 0 Å². The van der Waals surface area contributed by atoms with E-state index in [-0.39, 0.29) is 17.7 Å². The maximum absolute atomic E-state index is 9.26. The maximum Gasteiger partial charge on any atom is 0.159 e. The largest absolute Gasteiger partial charge is 0.388 e. The first kappa shape index (κ1) is 14.1. The summed E-state index contributed by atoms with van der Waals surface area (Å²) in [6, 6.07) is 0. The van der Waals surface area contributed by atoms with Crippen LogP contribution >= 0.6 is 0 Å². The second-order valence-corrected chi connectivity index (χ2v) is 6.10. The summed E-state index contributed by atoms with van der Waals surface area (Å²) in [5.41, 5.74) is -0.383. The zero-order valence-corrected chi connectivity index (χ0v) is 11.6. The Balaban J connectivity index is 2.97. The van der Waals surface area contributed by atoms with Crippen LogP contribution in [-0.2, 0) is 23.5 Å². The van der Waals surface area contributed by atoms with Gasteiger partial charge in [-0.15, -0.1) is 10.2 Å². The fraction of sp³-hybridized carbons (Fsp3) is 0.833. The third kappa shape index (κ3) is 3.78. The highest BCUT2D eigenvalue weighted by atomic mass is 16.5. The molecular weight excluding hydrogens is 218 g/mol. The Kier molecular flexibility index (Phi) is 3.94. The Labute approximate surface area is 103 Å². The van der Waals surface area contributed by atoms with E-state index in [9.17, 15) is 5.11 Å². The molecule has 0 aliphatic heterocycles. The first-order chi connectivity index (χ1) is 7.65. The molecule has 0 spiro atoms. The van der Waals surface area contributed by atoms with Crippen LogP contribution in [0.4, 0.5) is 0 Å². The molecule has 0 aliphatic carbocycles. The fourth-order valence-electron chi connectivity index (χ4n) is 1.60. The summed E-state index contributed by atoms with van der Waals surface area (Å²) < 4.78 is 7.63. The van der Waals surface area contributed by atoms with E-state index in [2.05, 4.69) is 31.0 Å². The number of aliphatic hydroxyl groups is 1. The lowest BCUT2D eigenvalue weighted by Gasteiger charge is -2.26. The minimum absolute atomic E-state index is 0.111. The van der Waals surface area contributed by atoms with Gasteiger partial charge in [-0.05, 0) is 41.5 Å². The molecule has 0 atom stereocenters. The average Bonchev–Trinajstić information content (AvgIpc) is 2.55. The topological polar surface area (TPSA) is 60.2 Å². The molecule has 0 amide bonds. The second kappa shape index (κ2) is 4.74. The van der Waals surface area contributed by atoms with Crippen LogP contribution in [0.2, 0.25) is 0 Å². The van der Waals surface area contributed by atoms with Crippen molar-refractivity contribution >= 4 is 0 Å². The van der Waals surface area contributed by atoms with E-state index in [0.29, 0.717) is 12.4 Å². The summed E-state index contributed by atoms with van der Waals surface area (Å²) in [6.45, 7) is 12.4. The van der Waals surface area contributed by atoms with Gasteiger partial charge < -0.3 is 14.4 Å². The summed E-state index contributed by atoms with van der Waals surface area (Å²) in [7, 11) is 0. The van der Waals surface area contributed by atoms with Crippen LogP contribution in [-0.4, -0.2) is 25.5 Å². The molecule has 0 saturated heterocycles. The van der Waals surface area contributed by atoms with Crippen molar-refractivity contribution in [1.82, 2.24) is 14.8 Å². The van der Waals surface area contributed by atoms with E-state index in [4.69, 9.17) is 4.74 Å². The highest BCUT2D eigenvalue weighted by molar-refractivity contribution is 4.99. The molecular formula is C12H23N3O2. The van der Waals surface area contributed by atoms with Gasteiger partial charge >= 0.3 is 0 Å². The Morgan fingerprint density at radius 2 is 1.59 bits per heavy atom. The van der Waals surface area contributed by atoms with Crippen molar-refractivity contribution in [3.8, 4) is 0 Å². The first-order valence-corrected chi connectivity index (χ1v) is 5.83. The smallest absolute Gasteiger partial charge is 0.159 e. The average molecular weight is 241 g/mol. The van der Waals surface area contributed by atoms with Gasteiger partial charge in [0.1, 0.15) is 13.2 Å². The van der Waals surface area contributed by atoms with Gasteiger partial charge in [0.2, 0.25) is 0 Å². The summed E-state index contributed by atoms with van der Waals surface area (Å²) >= 11 is 0. The summed E-state index contributed by atoms with van der Waals surface area (Å²) in [5, 5.41) is 17.3. The molecule has 1 aromatic rings. The monoisotopic (exact) mass is 241 g/mol. The Morgan fingerprint density at radius 1 is 1.06 bits per heavy atom. The third-order valence-corrected chi connectivity index (χ3v) is 2.24. The SMILES string of the molecule is CC(C)(C)OCc1nnc(CO)n1C(C)(C)C. The van der Waals surface area contributed by atoms with E-state index in [1.54, 1.807) is 0 Å². The zero-order chi connectivity index (χ0) is 13.3. The Hall–Kier alpha value is -0.940. The zero-order valence-electron chi connectivity index (χ0n) is 11.6. The molecule has 0 bridgehead atoms. The van der Waals surface area contributed by atoms with Crippen LogP contribution in [0.1, 0.15) is 53.2 Å². The van der Waals surface area contributed by atoms with E-state index in [1.807, 2.05) is 25.3 Å². The molecule has 1 heterocycles. The number of nitrogens with zero attached hydrogens (tertiary/aromatic N) is 3. The third-order valence-electron chi connectivity index (χ3n) is 2.24. The van der Waals surface area contributed by atoms with Gasteiger partial charge in [0.15, 0.2) is 11.6 Å². The quantitative estimate of drug-likeness (QED) is 0.877. The van der Waals surface area contributed by atoms with E-state index in [1.165, 1.54) is 0 Å². The lowest BCUT2D eigenvalue weighted by atomic mass is 10.1. The van der Waals surface area contributed by atoms with Crippen molar-refractivity contribution in [3.63, 3.8) is 0 Å². The first-order valence-electron chi connectivity index (χ1n) is 5.83. The van der Waals surface area contributed by atoms with Crippen molar-refractivity contribution in [2.24, 2.45) is 0 Å². The predicted octanol–water partition coefficient (Wildman–Crippen LogP) is 1.84. The highest BCUT2D eigenvalue weighted by Gasteiger charge is 2.23. The van der Waals surface area contributed by atoms with Crippen LogP contribution < -0.4 is 0 Å². The lowest BCUT2D eigenvalue weighted by molar-refractivity contribution is -0.0207. The van der Waals surface area contributed by atoms with E-state index >= 15 is 0 Å². The van der Waals surface area contributed by atoms with Crippen LogP contribution in [0.5, 0.6) is 0 Å². The molecule has 1 rings (SSSR count). The number of aliphatic hydroxyl groups excluding tert-OH is 1. The van der Waals surface area contributed by atoms with E-state index < -0.39 is 0 Å². The molecule has 0 saturated carbocycles. The van der Waals surface area contributed by atoms with Crippen molar-refractivity contribution in [2.75, 3.05) is 0 Å². The van der Waals surface area contributed by atoms with E-state index in [0.717, 1.165) is 5.82 Å². The molecule has 5 heteroatoms. The molecule has 5 nitrogen and oxygen atoms in total. The minimum Gasteiger partial charge on any atom is -0.388 e. The fourth-order valence-corrected chi connectivity index (χ4v) is 1.60. The van der Waals surface area contributed by atoms with Crippen molar-refractivity contribution in [3.05, 3.63) is 11.6 Å². The lowest BCUT2D eigenvalue weighted by Crippen LogP contribution is -2.28. The number of ether oxygens (including phenoxy) is 1. The van der Waals surface area contributed by atoms with Crippen LogP contribution in [0.3, 0.4) is 0 Å². The highest BCUT2D eigenvalue weighted by Crippen LogP contribution is 2.20. The normalized spacial score (nSPS) is 13.1. The van der Waals surface area contributed by atoms with Crippen LogP contribution in [0.15, 0.2) is 0 Å². The van der Waals surface area contributed by atoms with Gasteiger partial charge in [0.05, 0.1) is 5.60 Å². The molecule has 0 aliphatic rings. The molecule has 98 valence electrons. The van der Waals surface area contributed by atoms with Crippen molar-refractivity contribution < 1.29 is 9.84 Å². The minimum atomic E-state index is -0.214. The van der Waals surface area contributed by atoms with Crippen LogP contribution in [0, 0.1) is 0 Å². The predicted molar refractivity (Wildman–Crippen MR) is 65.5 cm³/mol. The van der Waals surface area contributed by atoms with Gasteiger partial charge in [-0.2, -0.15) is 0 Å². The second-order valence-electron chi connectivity index (χ2n) is 6.10. The molecule has 1 aromatic heterocycles. The maximum atomic E-state index is 9.26. The molecule has 0 aromatic carbocycles.